The van der Waals surface area contributed by atoms with Crippen molar-refractivity contribution in [2.75, 3.05) is 19.1 Å². The van der Waals surface area contributed by atoms with Crippen LogP contribution in [-0.2, 0) is 6.42 Å². The first-order valence-corrected chi connectivity index (χ1v) is 12.1. The molecule has 1 unspecified atom stereocenters. The molecule has 3 heterocycles. The van der Waals surface area contributed by atoms with Crippen LogP contribution >= 0.6 is 11.3 Å². The minimum atomic E-state index is -0.748. The van der Waals surface area contributed by atoms with E-state index < -0.39 is 11.9 Å². The van der Waals surface area contributed by atoms with Gasteiger partial charge in [0.15, 0.2) is 16.9 Å². The molecule has 5 rings (SSSR count). The Kier molecular flexibility index (Phi) is 5.80. The first-order valence-electron chi connectivity index (χ1n) is 11.3. The van der Waals surface area contributed by atoms with Gasteiger partial charge in [0.05, 0.1) is 31.2 Å². The number of anilines is 1. The number of hydrogen-bond acceptors (Lipinski definition) is 8. The fraction of sp³-hybridized carbons (Fsp3) is 0.308. The Balaban J connectivity index is 1.78. The van der Waals surface area contributed by atoms with Crippen molar-refractivity contribution in [3.8, 4) is 11.5 Å². The number of carbonyl (C=O) groups is 1. The smallest absolute Gasteiger partial charge is 0.297 e. The Morgan fingerprint density at radius 2 is 1.77 bits per heavy atom. The van der Waals surface area contributed by atoms with E-state index in [0.717, 1.165) is 29.0 Å². The van der Waals surface area contributed by atoms with Crippen LogP contribution < -0.4 is 19.8 Å². The Morgan fingerprint density at radius 3 is 2.49 bits per heavy atom. The summed E-state index contributed by atoms with van der Waals surface area (Å²) in [6.07, 6.45) is 1.67. The average Bonchev–Trinajstić information content (AvgIpc) is 3.42. The Morgan fingerprint density at radius 1 is 1.03 bits per heavy atom. The summed E-state index contributed by atoms with van der Waals surface area (Å²) in [6.45, 7) is 5.95. The third-order valence-corrected chi connectivity index (χ3v) is 7.32. The summed E-state index contributed by atoms with van der Waals surface area (Å²) < 4.78 is 17.0. The van der Waals surface area contributed by atoms with Gasteiger partial charge in [0.2, 0.25) is 10.9 Å². The second kappa shape index (κ2) is 8.81. The van der Waals surface area contributed by atoms with Gasteiger partial charge in [-0.05, 0) is 61.2 Å². The van der Waals surface area contributed by atoms with E-state index >= 15 is 0 Å². The highest BCUT2D eigenvalue weighted by Gasteiger charge is 2.45. The summed E-state index contributed by atoms with van der Waals surface area (Å²) >= 11 is 1.34. The molecule has 1 aliphatic rings. The molecule has 8 nitrogen and oxygen atoms in total. The monoisotopic (exact) mass is 491 g/mol. The molecule has 0 N–H and O–H groups in total. The molecule has 0 fully saturated rings. The van der Waals surface area contributed by atoms with E-state index in [1.54, 1.807) is 32.4 Å². The predicted octanol–water partition coefficient (Wildman–Crippen LogP) is 4.98. The maximum atomic E-state index is 13.8. The van der Waals surface area contributed by atoms with E-state index in [1.165, 1.54) is 16.2 Å². The first-order chi connectivity index (χ1) is 16.9. The maximum Gasteiger partial charge on any atom is 0.297 e. The summed E-state index contributed by atoms with van der Waals surface area (Å²) in [5.41, 5.74) is 3.07. The van der Waals surface area contributed by atoms with Gasteiger partial charge < -0.3 is 13.9 Å². The van der Waals surface area contributed by atoms with Gasteiger partial charge >= 0.3 is 0 Å². The highest BCUT2D eigenvalue weighted by molar-refractivity contribution is 7.15. The van der Waals surface area contributed by atoms with Crippen LogP contribution in [0, 0.1) is 13.8 Å². The summed E-state index contributed by atoms with van der Waals surface area (Å²) in [6, 6.07) is 8.23. The number of ether oxygens (including phenoxy) is 2. The lowest BCUT2D eigenvalue weighted by Gasteiger charge is -2.23. The van der Waals surface area contributed by atoms with Crippen molar-refractivity contribution in [1.29, 1.82) is 0 Å². The van der Waals surface area contributed by atoms with Crippen LogP contribution in [0.25, 0.3) is 11.0 Å². The zero-order valence-electron chi connectivity index (χ0n) is 20.2. The van der Waals surface area contributed by atoms with Crippen LogP contribution in [0.1, 0.15) is 57.2 Å². The molecule has 0 spiro atoms. The average molecular weight is 492 g/mol. The zero-order valence-corrected chi connectivity index (χ0v) is 21.0. The van der Waals surface area contributed by atoms with E-state index in [2.05, 4.69) is 17.1 Å². The zero-order chi connectivity index (χ0) is 24.9. The molecule has 2 aromatic carbocycles. The van der Waals surface area contributed by atoms with E-state index in [4.69, 9.17) is 13.9 Å². The van der Waals surface area contributed by atoms with Crippen molar-refractivity contribution in [3.63, 3.8) is 0 Å². The molecule has 9 heteroatoms. The summed E-state index contributed by atoms with van der Waals surface area (Å²) in [5, 5.41) is 10.2. The van der Waals surface area contributed by atoms with E-state index in [-0.39, 0.29) is 16.8 Å². The van der Waals surface area contributed by atoms with Crippen molar-refractivity contribution in [2.45, 2.75) is 39.7 Å². The first kappa shape index (κ1) is 23.0. The van der Waals surface area contributed by atoms with E-state index in [9.17, 15) is 9.59 Å². The number of amides is 1. The molecule has 1 aliphatic heterocycles. The van der Waals surface area contributed by atoms with Crippen molar-refractivity contribution >= 4 is 33.3 Å². The van der Waals surface area contributed by atoms with E-state index in [1.807, 2.05) is 26.0 Å². The molecule has 180 valence electrons. The van der Waals surface area contributed by atoms with Gasteiger partial charge in [0.25, 0.3) is 5.91 Å². The van der Waals surface area contributed by atoms with Gasteiger partial charge in [-0.3, -0.25) is 14.5 Å². The van der Waals surface area contributed by atoms with Crippen LogP contribution in [0.2, 0.25) is 0 Å². The quantitative estimate of drug-likeness (QED) is 0.375. The number of hydrogen-bond donors (Lipinski definition) is 0. The Hall–Kier alpha value is -3.72. The number of methoxy groups -OCH3 is 2. The van der Waals surface area contributed by atoms with Gasteiger partial charge in [-0.25, -0.2) is 0 Å². The number of rotatable bonds is 6. The number of benzene rings is 2. The topological polar surface area (TPSA) is 94.8 Å². The molecule has 0 saturated carbocycles. The molecule has 1 atom stereocenters. The molecule has 0 saturated heterocycles. The van der Waals surface area contributed by atoms with Gasteiger partial charge in [-0.2, -0.15) is 0 Å². The fourth-order valence-corrected chi connectivity index (χ4v) is 5.39. The third kappa shape index (κ3) is 3.67. The van der Waals surface area contributed by atoms with E-state index in [0.29, 0.717) is 33.2 Å². The van der Waals surface area contributed by atoms with Crippen molar-refractivity contribution in [1.82, 2.24) is 10.2 Å². The van der Waals surface area contributed by atoms with Crippen LogP contribution in [0.3, 0.4) is 0 Å². The van der Waals surface area contributed by atoms with Gasteiger partial charge in [-0.15, -0.1) is 10.2 Å². The second-order valence-corrected chi connectivity index (χ2v) is 9.57. The minimum absolute atomic E-state index is 0.0257. The van der Waals surface area contributed by atoms with Gasteiger partial charge in [0, 0.05) is 6.42 Å². The van der Waals surface area contributed by atoms with Crippen LogP contribution in [-0.4, -0.2) is 30.3 Å². The standard InChI is InChI=1S/C26H25N3O5S/c1-6-7-20-27-28-26(35-20)29-22(15-8-9-17(32-4)19(12-15)33-5)21-23(30)16-10-13(2)14(3)11-18(16)34-24(21)25(29)31/h8-12,22H,6-7H2,1-5H3. The van der Waals surface area contributed by atoms with Crippen molar-refractivity contribution in [2.24, 2.45) is 0 Å². The molecule has 1 amide bonds. The molecular weight excluding hydrogens is 466 g/mol. The second-order valence-electron chi connectivity index (χ2n) is 8.53. The van der Waals surface area contributed by atoms with Crippen molar-refractivity contribution < 1.29 is 18.7 Å². The van der Waals surface area contributed by atoms with Crippen molar-refractivity contribution in [3.05, 3.63) is 73.6 Å². The van der Waals surface area contributed by atoms with Gasteiger partial charge in [-0.1, -0.05) is 24.3 Å². The van der Waals surface area contributed by atoms with Crippen LogP contribution in [0.5, 0.6) is 11.5 Å². The maximum absolute atomic E-state index is 13.8. The highest BCUT2D eigenvalue weighted by atomic mass is 32.1. The molecule has 4 aromatic rings. The molecule has 0 aliphatic carbocycles. The number of aromatic nitrogens is 2. The lowest BCUT2D eigenvalue weighted by atomic mass is 9.97. The Bertz CT molecular complexity index is 1520. The fourth-order valence-electron chi connectivity index (χ4n) is 4.42. The lowest BCUT2D eigenvalue weighted by Crippen LogP contribution is -2.29. The SMILES string of the molecule is CCCc1nnc(N2C(=O)c3oc4cc(C)c(C)cc4c(=O)c3C2c2ccc(OC)c(OC)c2)s1. The number of carbonyl (C=O) groups excluding carboxylic acids is 1. The third-order valence-electron chi connectivity index (χ3n) is 6.34. The summed E-state index contributed by atoms with van der Waals surface area (Å²) in [5.74, 6) is 0.644. The number of fused-ring (bicyclic) bond motifs is 2. The molecule has 0 bridgehead atoms. The number of nitrogens with zero attached hydrogens (tertiary/aromatic N) is 3. The molecule has 35 heavy (non-hydrogen) atoms. The van der Waals surface area contributed by atoms with Gasteiger partial charge in [0.1, 0.15) is 10.6 Å². The summed E-state index contributed by atoms with van der Waals surface area (Å²) in [4.78, 5) is 29.1. The van der Waals surface area contributed by atoms with Crippen LogP contribution in [0.4, 0.5) is 5.13 Å². The predicted molar refractivity (Wildman–Crippen MR) is 134 cm³/mol. The summed E-state index contributed by atoms with van der Waals surface area (Å²) in [7, 11) is 3.10. The normalized spacial score (nSPS) is 15.1. The van der Waals surface area contributed by atoms with Crippen LogP contribution in [0.15, 0.2) is 39.5 Å². The number of aryl methyl sites for hydroxylation is 3. The molecule has 0 radical (unpaired) electrons. The lowest BCUT2D eigenvalue weighted by molar-refractivity contribution is 0.0970. The minimum Gasteiger partial charge on any atom is -0.493 e. The highest BCUT2D eigenvalue weighted by Crippen LogP contribution is 2.44. The molecular formula is C26H25N3O5S. The Labute approximate surface area is 206 Å². The molecule has 2 aromatic heterocycles. The largest absolute Gasteiger partial charge is 0.493 e.